The number of urea groups is 1. The average Bonchev–Trinajstić information content (AvgIpc) is 2.81. The molecule has 1 aliphatic rings. The smallest absolute Gasteiger partial charge is 0.319 e. The first-order valence-corrected chi connectivity index (χ1v) is 5.64. The van der Waals surface area contributed by atoms with Crippen LogP contribution in [0, 0.1) is 0 Å². The van der Waals surface area contributed by atoms with Gasteiger partial charge in [0.05, 0.1) is 6.04 Å². The Morgan fingerprint density at radius 2 is 2.31 bits per heavy atom. The largest absolute Gasteiger partial charge is 0.331 e. The lowest BCUT2D eigenvalue weighted by molar-refractivity contribution is 0.141. The number of aromatic nitrogens is 2. The molecule has 2 amide bonds. The van der Waals surface area contributed by atoms with Crippen molar-refractivity contribution in [2.75, 3.05) is 27.2 Å². The van der Waals surface area contributed by atoms with Crippen LogP contribution in [0.5, 0.6) is 0 Å². The van der Waals surface area contributed by atoms with Crippen LogP contribution in [-0.4, -0.2) is 52.8 Å². The van der Waals surface area contributed by atoms with Crippen LogP contribution < -0.4 is 0 Å². The van der Waals surface area contributed by atoms with Crippen molar-refractivity contribution >= 4 is 6.03 Å². The van der Waals surface area contributed by atoms with Gasteiger partial charge in [-0.25, -0.2) is 4.79 Å². The molecule has 2 heterocycles. The summed E-state index contributed by atoms with van der Waals surface area (Å²) in [6, 6.07) is 2.34. The normalized spacial score (nSPS) is 20.9. The molecule has 1 aliphatic heterocycles. The number of rotatable bonds is 1. The molecule has 0 aromatic carbocycles. The quantitative estimate of drug-likeness (QED) is 0.716. The van der Waals surface area contributed by atoms with Gasteiger partial charge >= 0.3 is 6.03 Å². The lowest BCUT2D eigenvalue weighted by atomic mass is 10.1. The lowest BCUT2D eigenvalue weighted by Crippen LogP contribution is -2.45. The fourth-order valence-electron chi connectivity index (χ4n) is 2.12. The van der Waals surface area contributed by atoms with Gasteiger partial charge in [-0.15, -0.1) is 0 Å². The molecule has 1 aromatic heterocycles. The highest BCUT2D eigenvalue weighted by Crippen LogP contribution is 2.20. The molecule has 1 saturated heterocycles. The second-order valence-corrected chi connectivity index (χ2v) is 4.41. The van der Waals surface area contributed by atoms with Crippen molar-refractivity contribution < 1.29 is 4.79 Å². The highest BCUT2D eigenvalue weighted by atomic mass is 16.2. The van der Waals surface area contributed by atoms with Gasteiger partial charge in [0.2, 0.25) is 0 Å². The standard InChI is InChI=1S/C11H18N4O/c1-13(2)11(16)14-7-3-5-10(9-14)15-8-4-6-12-15/h4,6,8,10H,3,5,7,9H2,1-2H3. The van der Waals surface area contributed by atoms with Gasteiger partial charge in [0, 0.05) is 39.6 Å². The summed E-state index contributed by atoms with van der Waals surface area (Å²) in [5.74, 6) is 0. The maximum atomic E-state index is 11.8. The highest BCUT2D eigenvalue weighted by molar-refractivity contribution is 5.73. The summed E-state index contributed by atoms with van der Waals surface area (Å²) in [6.45, 7) is 1.62. The van der Waals surface area contributed by atoms with Gasteiger partial charge in [-0.1, -0.05) is 0 Å². The predicted molar refractivity (Wildman–Crippen MR) is 61.2 cm³/mol. The van der Waals surface area contributed by atoms with Crippen LogP contribution in [-0.2, 0) is 0 Å². The third kappa shape index (κ3) is 2.18. The molecule has 1 aromatic rings. The van der Waals surface area contributed by atoms with Crippen LogP contribution in [0.3, 0.4) is 0 Å². The first-order valence-electron chi connectivity index (χ1n) is 5.64. The fourth-order valence-corrected chi connectivity index (χ4v) is 2.12. The van der Waals surface area contributed by atoms with E-state index in [1.54, 1.807) is 25.2 Å². The van der Waals surface area contributed by atoms with Crippen molar-refractivity contribution in [1.82, 2.24) is 19.6 Å². The number of amides is 2. The monoisotopic (exact) mass is 222 g/mol. The average molecular weight is 222 g/mol. The Bertz CT molecular complexity index is 347. The Balaban J connectivity index is 2.02. The van der Waals surface area contributed by atoms with Crippen LogP contribution in [0.2, 0.25) is 0 Å². The lowest BCUT2D eigenvalue weighted by Gasteiger charge is -2.34. The Labute approximate surface area is 95.6 Å². The van der Waals surface area contributed by atoms with E-state index in [0.717, 1.165) is 25.9 Å². The summed E-state index contributed by atoms with van der Waals surface area (Å²) in [6.07, 6.45) is 5.89. The Morgan fingerprint density at radius 3 is 2.94 bits per heavy atom. The number of hydrogen-bond acceptors (Lipinski definition) is 2. The zero-order valence-electron chi connectivity index (χ0n) is 9.83. The molecule has 0 N–H and O–H groups in total. The fraction of sp³-hybridized carbons (Fsp3) is 0.636. The molecule has 0 spiro atoms. The number of likely N-dealkylation sites (tertiary alicyclic amines) is 1. The molecule has 16 heavy (non-hydrogen) atoms. The first-order chi connectivity index (χ1) is 7.68. The van der Waals surface area contributed by atoms with Gasteiger partial charge in [-0.05, 0) is 18.9 Å². The Hall–Kier alpha value is -1.52. The van der Waals surface area contributed by atoms with Crippen molar-refractivity contribution in [3.63, 3.8) is 0 Å². The molecule has 0 radical (unpaired) electrons. The van der Waals surface area contributed by atoms with E-state index in [4.69, 9.17) is 0 Å². The third-order valence-electron chi connectivity index (χ3n) is 2.95. The molecule has 1 fully saturated rings. The number of carbonyl (C=O) groups excluding carboxylic acids is 1. The molecule has 88 valence electrons. The van der Waals surface area contributed by atoms with Crippen molar-refractivity contribution in [2.24, 2.45) is 0 Å². The van der Waals surface area contributed by atoms with Crippen molar-refractivity contribution in [2.45, 2.75) is 18.9 Å². The molecule has 5 nitrogen and oxygen atoms in total. The molecule has 0 bridgehead atoms. The van der Waals surface area contributed by atoms with Crippen molar-refractivity contribution in [3.05, 3.63) is 18.5 Å². The molecule has 2 rings (SSSR count). The van der Waals surface area contributed by atoms with Crippen LogP contribution in [0.1, 0.15) is 18.9 Å². The molecule has 0 aliphatic carbocycles. The Kier molecular flexibility index (Phi) is 3.12. The van der Waals surface area contributed by atoms with Crippen LogP contribution >= 0.6 is 0 Å². The summed E-state index contributed by atoms with van der Waals surface area (Å²) in [7, 11) is 3.58. The van der Waals surface area contributed by atoms with E-state index in [-0.39, 0.29) is 6.03 Å². The van der Waals surface area contributed by atoms with Crippen LogP contribution in [0.4, 0.5) is 4.79 Å². The number of nitrogens with zero attached hydrogens (tertiary/aromatic N) is 4. The first kappa shape index (κ1) is 11.0. The minimum atomic E-state index is 0.0943. The van der Waals surface area contributed by atoms with E-state index in [2.05, 4.69) is 5.10 Å². The molecular weight excluding hydrogens is 204 g/mol. The third-order valence-corrected chi connectivity index (χ3v) is 2.95. The second-order valence-electron chi connectivity index (χ2n) is 4.41. The topological polar surface area (TPSA) is 41.4 Å². The van der Waals surface area contributed by atoms with E-state index in [0.29, 0.717) is 6.04 Å². The van der Waals surface area contributed by atoms with E-state index >= 15 is 0 Å². The minimum absolute atomic E-state index is 0.0943. The van der Waals surface area contributed by atoms with Crippen LogP contribution in [0.25, 0.3) is 0 Å². The zero-order chi connectivity index (χ0) is 11.5. The molecule has 1 unspecified atom stereocenters. The summed E-state index contributed by atoms with van der Waals surface area (Å²) in [4.78, 5) is 15.4. The zero-order valence-corrected chi connectivity index (χ0v) is 9.83. The van der Waals surface area contributed by atoms with E-state index in [1.165, 1.54) is 0 Å². The van der Waals surface area contributed by atoms with E-state index < -0.39 is 0 Å². The predicted octanol–water partition coefficient (Wildman–Crippen LogP) is 1.20. The van der Waals surface area contributed by atoms with Gasteiger partial charge in [-0.3, -0.25) is 4.68 Å². The molecular formula is C11H18N4O. The van der Waals surface area contributed by atoms with Crippen molar-refractivity contribution in [3.8, 4) is 0 Å². The summed E-state index contributed by atoms with van der Waals surface area (Å²) >= 11 is 0. The van der Waals surface area contributed by atoms with Crippen molar-refractivity contribution in [1.29, 1.82) is 0 Å². The molecule has 5 heteroatoms. The van der Waals surface area contributed by atoms with E-state index in [9.17, 15) is 4.79 Å². The minimum Gasteiger partial charge on any atom is -0.331 e. The second kappa shape index (κ2) is 4.55. The summed E-state index contributed by atoms with van der Waals surface area (Å²) in [5, 5.41) is 4.24. The Morgan fingerprint density at radius 1 is 1.50 bits per heavy atom. The van der Waals surface area contributed by atoms with Gasteiger partial charge in [0.25, 0.3) is 0 Å². The summed E-state index contributed by atoms with van der Waals surface area (Å²) in [5.41, 5.74) is 0. The van der Waals surface area contributed by atoms with Gasteiger partial charge in [0.15, 0.2) is 0 Å². The van der Waals surface area contributed by atoms with Gasteiger partial charge in [-0.2, -0.15) is 5.10 Å². The maximum absolute atomic E-state index is 11.8. The van der Waals surface area contributed by atoms with Crippen LogP contribution in [0.15, 0.2) is 18.5 Å². The van der Waals surface area contributed by atoms with Gasteiger partial charge < -0.3 is 9.80 Å². The molecule has 1 atom stereocenters. The van der Waals surface area contributed by atoms with E-state index in [1.807, 2.05) is 21.8 Å². The number of hydrogen-bond donors (Lipinski definition) is 0. The molecule has 0 saturated carbocycles. The maximum Gasteiger partial charge on any atom is 0.319 e. The highest BCUT2D eigenvalue weighted by Gasteiger charge is 2.25. The van der Waals surface area contributed by atoms with Gasteiger partial charge in [0.1, 0.15) is 0 Å². The number of carbonyl (C=O) groups is 1. The summed E-state index contributed by atoms with van der Waals surface area (Å²) < 4.78 is 1.95. The number of piperidine rings is 1. The SMILES string of the molecule is CN(C)C(=O)N1CCCC(n2cccn2)C1.